The fourth-order valence-electron chi connectivity index (χ4n) is 3.22. The highest BCUT2D eigenvalue weighted by atomic mass is 80.9. The number of hydrogen-bond acceptors (Lipinski definition) is 7. The van der Waals surface area contributed by atoms with E-state index in [9.17, 15) is 20.4 Å². The fourth-order valence-corrected chi connectivity index (χ4v) is 5.27. The standard InChI is InChI=1S/C9H8Br3NO2.C9H10BrNO2.C2H4O2.Br2/c10-6-4-1-2-13(12)3-5(4)7(11)9(15)8(6)14;10-11-2-1-6-3-8(12)9(13)4-7(6)5-11;1-2(3)4;1-2/h14-15H,1-3H2;3-4,12-13H,1-2,5H2;1H3,(H,3,4);. The summed E-state index contributed by atoms with van der Waals surface area (Å²) in [5.74, 6) is -1.10. The summed E-state index contributed by atoms with van der Waals surface area (Å²) in [4.78, 5) is 9.00. The van der Waals surface area contributed by atoms with Gasteiger partial charge in [0.15, 0.2) is 23.0 Å². The normalized spacial score (nSPS) is 14.7. The monoisotopic (exact) mass is 860 g/mol. The Balaban J connectivity index is 0.000000279. The average Bonchev–Trinajstić information content (AvgIpc) is 2.78. The minimum atomic E-state index is -0.833. The van der Waals surface area contributed by atoms with Crippen LogP contribution in [0, 0.1) is 0 Å². The van der Waals surface area contributed by atoms with Gasteiger partial charge in [-0.3, -0.25) is 4.79 Å². The van der Waals surface area contributed by atoms with E-state index in [1.54, 1.807) is 12.1 Å². The van der Waals surface area contributed by atoms with Crippen molar-refractivity contribution >= 4 is 98.4 Å². The largest absolute Gasteiger partial charge is 0.504 e. The summed E-state index contributed by atoms with van der Waals surface area (Å²) in [6.45, 7) is 4.35. The molecule has 0 aliphatic carbocycles. The predicted octanol–water partition coefficient (Wildman–Crippen LogP) is 6.84. The maximum Gasteiger partial charge on any atom is 0.300 e. The molecular formula is C20H22Br6N2O6. The molecule has 0 bridgehead atoms. The lowest BCUT2D eigenvalue weighted by molar-refractivity contribution is -0.134. The number of aromatic hydroxyl groups is 4. The first-order valence-corrected chi connectivity index (χ1v) is 16.2. The summed E-state index contributed by atoms with van der Waals surface area (Å²) in [5, 5.41) is 45.3. The molecule has 2 aliphatic rings. The van der Waals surface area contributed by atoms with Gasteiger partial charge < -0.3 is 25.5 Å². The Hall–Kier alpha value is -0.0900. The molecule has 0 aromatic heterocycles. The van der Waals surface area contributed by atoms with Crippen molar-refractivity contribution in [1.29, 1.82) is 0 Å². The number of nitrogens with zero attached hydrogens (tertiary/aromatic N) is 2. The second-order valence-electron chi connectivity index (χ2n) is 7.10. The van der Waals surface area contributed by atoms with Crippen LogP contribution in [0.15, 0.2) is 21.1 Å². The molecule has 0 radical (unpaired) electrons. The summed E-state index contributed by atoms with van der Waals surface area (Å²) in [5.41, 5.74) is 4.23. The van der Waals surface area contributed by atoms with Crippen LogP contribution in [0.1, 0.15) is 29.2 Å². The highest BCUT2D eigenvalue weighted by molar-refractivity contribution is 9.93. The van der Waals surface area contributed by atoms with Crippen molar-refractivity contribution in [1.82, 2.24) is 7.85 Å². The molecule has 8 nitrogen and oxygen atoms in total. The number of carbonyl (C=O) groups is 1. The Kier molecular flexibility index (Phi) is 14.3. The smallest absolute Gasteiger partial charge is 0.300 e. The number of benzene rings is 2. The SMILES string of the molecule is BrBr.CC(=O)O.Oc1c(O)c(Br)c2c(c1Br)CCN(Br)C2.Oc1cc2c(cc1O)CN(Br)CC2. The third-order valence-corrected chi connectivity index (χ3v) is 7.65. The molecule has 2 heterocycles. The lowest BCUT2D eigenvalue weighted by Crippen LogP contribution is -2.22. The van der Waals surface area contributed by atoms with Gasteiger partial charge in [0.05, 0.1) is 8.95 Å². The van der Waals surface area contributed by atoms with Crippen molar-refractivity contribution in [3.8, 4) is 23.0 Å². The van der Waals surface area contributed by atoms with Crippen LogP contribution in [-0.4, -0.2) is 52.4 Å². The van der Waals surface area contributed by atoms with Crippen LogP contribution in [0.5, 0.6) is 23.0 Å². The molecule has 0 saturated heterocycles. The molecule has 2 aromatic carbocycles. The second kappa shape index (κ2) is 15.2. The number of aliphatic carboxylic acids is 1. The van der Waals surface area contributed by atoms with Gasteiger partial charge >= 0.3 is 0 Å². The predicted molar refractivity (Wildman–Crippen MR) is 152 cm³/mol. The van der Waals surface area contributed by atoms with E-state index in [-0.39, 0.29) is 23.0 Å². The minimum absolute atomic E-state index is 0.0261. The van der Waals surface area contributed by atoms with E-state index < -0.39 is 5.97 Å². The molecule has 14 heteroatoms. The van der Waals surface area contributed by atoms with Crippen LogP contribution in [0.25, 0.3) is 0 Å². The van der Waals surface area contributed by atoms with Gasteiger partial charge in [0.1, 0.15) is 0 Å². The minimum Gasteiger partial charge on any atom is -0.504 e. The first-order chi connectivity index (χ1) is 15.9. The number of carboxylic acid groups (broad SMARTS) is 1. The Morgan fingerprint density at radius 2 is 1.21 bits per heavy atom. The van der Waals surface area contributed by atoms with Crippen LogP contribution in [-0.2, 0) is 30.7 Å². The van der Waals surface area contributed by atoms with E-state index in [2.05, 4.69) is 92.4 Å². The summed E-state index contributed by atoms with van der Waals surface area (Å²) in [6, 6.07) is 3.27. The van der Waals surface area contributed by atoms with Crippen molar-refractivity contribution in [2.45, 2.75) is 32.9 Å². The van der Waals surface area contributed by atoms with Gasteiger partial charge in [-0.25, -0.2) is 7.85 Å². The van der Waals surface area contributed by atoms with E-state index in [1.165, 1.54) is 0 Å². The molecule has 34 heavy (non-hydrogen) atoms. The lowest BCUT2D eigenvalue weighted by Gasteiger charge is -2.26. The third kappa shape index (κ3) is 9.09. The van der Waals surface area contributed by atoms with E-state index in [1.807, 2.05) is 7.85 Å². The van der Waals surface area contributed by atoms with Crippen molar-refractivity contribution in [3.63, 3.8) is 0 Å². The first-order valence-electron chi connectivity index (χ1n) is 9.51. The highest BCUT2D eigenvalue weighted by Gasteiger charge is 2.25. The molecule has 190 valence electrons. The number of phenolic OH excluding ortho intramolecular Hbond substituents is 4. The molecule has 0 atom stereocenters. The molecule has 0 unspecified atom stereocenters. The van der Waals surface area contributed by atoms with Crippen molar-refractivity contribution in [3.05, 3.63) is 43.3 Å². The summed E-state index contributed by atoms with van der Waals surface area (Å²) in [6.07, 6.45) is 1.72. The number of rotatable bonds is 0. The van der Waals surface area contributed by atoms with E-state index in [4.69, 9.17) is 9.90 Å². The molecule has 4 rings (SSSR count). The highest BCUT2D eigenvalue weighted by Crippen LogP contribution is 2.46. The molecule has 2 aliphatic heterocycles. The van der Waals surface area contributed by atoms with Gasteiger partial charge in [-0.2, -0.15) is 0 Å². The number of phenols is 4. The first kappa shape index (κ1) is 31.9. The lowest BCUT2D eigenvalue weighted by atomic mass is 10.0. The molecule has 0 amide bonds. The van der Waals surface area contributed by atoms with E-state index in [0.29, 0.717) is 15.5 Å². The molecule has 5 N–H and O–H groups in total. The maximum atomic E-state index is 9.67. The van der Waals surface area contributed by atoms with Crippen LogP contribution < -0.4 is 0 Å². The quantitative estimate of drug-likeness (QED) is 0.144. The fraction of sp³-hybridized carbons (Fsp3) is 0.350. The van der Waals surface area contributed by atoms with Gasteiger partial charge in [0.2, 0.25) is 0 Å². The number of carboxylic acids is 1. The average molecular weight is 866 g/mol. The van der Waals surface area contributed by atoms with Crippen molar-refractivity contribution < 1.29 is 30.3 Å². The third-order valence-electron chi connectivity index (χ3n) is 4.73. The van der Waals surface area contributed by atoms with E-state index in [0.717, 1.165) is 61.7 Å². The van der Waals surface area contributed by atoms with Gasteiger partial charge in [-0.15, -0.1) is 0 Å². The molecule has 2 aromatic rings. The Bertz CT molecular complexity index is 1010. The zero-order chi connectivity index (χ0) is 26.2. The zero-order valence-corrected chi connectivity index (χ0v) is 27.2. The number of hydrogen-bond donors (Lipinski definition) is 5. The van der Waals surface area contributed by atoms with Crippen molar-refractivity contribution in [2.24, 2.45) is 0 Å². The Morgan fingerprint density at radius 3 is 1.74 bits per heavy atom. The second-order valence-corrected chi connectivity index (χ2v) is 10.7. The van der Waals surface area contributed by atoms with Crippen LogP contribution in [0.4, 0.5) is 0 Å². The van der Waals surface area contributed by atoms with Crippen LogP contribution in [0.2, 0.25) is 0 Å². The van der Waals surface area contributed by atoms with E-state index >= 15 is 0 Å². The van der Waals surface area contributed by atoms with Gasteiger partial charge in [-0.05, 0) is 79.1 Å². The van der Waals surface area contributed by atoms with Crippen molar-refractivity contribution in [2.75, 3.05) is 13.1 Å². The molecule has 0 spiro atoms. The Labute approximate surface area is 246 Å². The summed E-state index contributed by atoms with van der Waals surface area (Å²) in [7, 11) is 0. The molecule has 0 fully saturated rings. The molecular weight excluding hydrogens is 844 g/mol. The number of fused-ring (bicyclic) bond motifs is 2. The van der Waals surface area contributed by atoms with Gasteiger partial charge in [-0.1, -0.05) is 0 Å². The zero-order valence-electron chi connectivity index (χ0n) is 17.7. The Morgan fingerprint density at radius 1 is 0.794 bits per heavy atom. The van der Waals surface area contributed by atoms with Crippen LogP contribution >= 0.6 is 92.4 Å². The molecule has 0 saturated carbocycles. The summed E-state index contributed by atoms with van der Waals surface area (Å²) >= 11 is 18.9. The van der Waals surface area contributed by atoms with Gasteiger partial charge in [0.25, 0.3) is 5.97 Å². The van der Waals surface area contributed by atoms with Gasteiger partial charge in [0, 0.05) is 93.7 Å². The maximum absolute atomic E-state index is 9.67. The number of halogens is 6. The topological polar surface area (TPSA) is 125 Å². The van der Waals surface area contributed by atoms with Crippen LogP contribution in [0.3, 0.4) is 0 Å². The summed E-state index contributed by atoms with van der Waals surface area (Å²) < 4.78 is 5.16.